The Labute approximate surface area is 195 Å². The molecule has 0 spiro atoms. The van der Waals surface area contributed by atoms with E-state index >= 15 is 0 Å². The predicted octanol–water partition coefficient (Wildman–Crippen LogP) is 3.19. The molecule has 0 bridgehead atoms. The van der Waals surface area contributed by atoms with E-state index in [1.54, 1.807) is 24.3 Å². The Balaban J connectivity index is 1.55. The van der Waals surface area contributed by atoms with Gasteiger partial charge in [-0.25, -0.2) is 8.42 Å². The van der Waals surface area contributed by atoms with Gasteiger partial charge in [-0.2, -0.15) is 5.10 Å². The lowest BCUT2D eigenvalue weighted by Crippen LogP contribution is -2.28. The van der Waals surface area contributed by atoms with Gasteiger partial charge in [0.05, 0.1) is 22.0 Å². The van der Waals surface area contributed by atoms with Crippen LogP contribution in [0.4, 0.5) is 5.69 Å². The largest absolute Gasteiger partial charge is 0.356 e. The van der Waals surface area contributed by atoms with Gasteiger partial charge in [-0.1, -0.05) is 23.7 Å². The summed E-state index contributed by atoms with van der Waals surface area (Å²) in [7, 11) is 0.400. The second-order valence-corrected chi connectivity index (χ2v) is 10.5. The minimum atomic E-state index is -3.53. The lowest BCUT2D eigenvalue weighted by Gasteiger charge is -2.14. The minimum Gasteiger partial charge on any atom is -0.356 e. The third-order valence-corrected chi connectivity index (χ3v) is 7.16. The fraction of sp³-hybridized carbons (Fsp3) is 0.391. The summed E-state index contributed by atoms with van der Waals surface area (Å²) in [5.41, 5.74) is 2.82. The molecule has 1 heterocycles. The normalized spacial score (nSPS) is 14.0. The van der Waals surface area contributed by atoms with Crippen LogP contribution in [-0.2, 0) is 14.6 Å². The van der Waals surface area contributed by atoms with Crippen molar-refractivity contribution in [2.24, 2.45) is 5.10 Å². The molecule has 0 radical (unpaired) electrons. The molecule has 32 heavy (non-hydrogen) atoms. The molecule has 7 nitrogen and oxygen atoms in total. The maximum Gasteiger partial charge on any atom is 0.221 e. The SMILES string of the molecule is CN(C)CCCNC(=O)CCS(=O)(=O)c1ccc(N2CCC(c3ccc(Cl)cc3)=N2)cc1. The first-order valence-corrected chi connectivity index (χ1v) is 12.6. The van der Waals surface area contributed by atoms with Crippen molar-refractivity contribution in [1.29, 1.82) is 0 Å². The molecule has 0 saturated heterocycles. The quantitative estimate of drug-likeness (QED) is 0.532. The Morgan fingerprint density at radius 1 is 1.12 bits per heavy atom. The molecular formula is C23H29ClN4O3S. The fourth-order valence-corrected chi connectivity index (χ4v) is 4.74. The number of hydrazone groups is 1. The lowest BCUT2D eigenvalue weighted by molar-refractivity contribution is -0.120. The van der Waals surface area contributed by atoms with Crippen LogP contribution in [0, 0.1) is 0 Å². The Kier molecular flexibility index (Phi) is 8.28. The molecule has 9 heteroatoms. The van der Waals surface area contributed by atoms with Gasteiger partial charge in [0, 0.05) is 31.0 Å². The molecule has 0 fully saturated rings. The van der Waals surface area contributed by atoms with Gasteiger partial charge in [0.25, 0.3) is 0 Å². The number of sulfone groups is 1. The standard InChI is InChI=1S/C23H29ClN4O3S/c1-27(2)15-3-14-25-23(29)13-17-32(30,31)21-10-8-20(9-11-21)28-16-12-22(26-28)18-4-6-19(24)7-5-18/h4-11H,3,12-17H2,1-2H3,(H,25,29). The van der Waals surface area contributed by atoms with Crippen LogP contribution in [0.1, 0.15) is 24.8 Å². The molecule has 2 aromatic rings. The van der Waals surface area contributed by atoms with Gasteiger partial charge in [0.1, 0.15) is 0 Å². The molecule has 1 N–H and O–H groups in total. The van der Waals surface area contributed by atoms with Gasteiger partial charge in [-0.15, -0.1) is 0 Å². The number of amides is 1. The summed E-state index contributed by atoms with van der Waals surface area (Å²) in [4.78, 5) is 14.2. The first-order valence-electron chi connectivity index (χ1n) is 10.6. The van der Waals surface area contributed by atoms with E-state index < -0.39 is 9.84 Å². The van der Waals surface area contributed by atoms with Crippen molar-refractivity contribution in [1.82, 2.24) is 10.2 Å². The fourth-order valence-electron chi connectivity index (χ4n) is 3.37. The molecule has 2 aromatic carbocycles. The molecule has 0 aromatic heterocycles. The summed E-state index contributed by atoms with van der Waals surface area (Å²) in [6, 6.07) is 14.2. The van der Waals surface area contributed by atoms with Crippen molar-refractivity contribution >= 4 is 38.7 Å². The van der Waals surface area contributed by atoms with Crippen LogP contribution in [0.5, 0.6) is 0 Å². The summed E-state index contributed by atoms with van der Waals surface area (Å²) in [5.74, 6) is -0.459. The summed E-state index contributed by atoms with van der Waals surface area (Å²) in [5, 5.41) is 9.97. The van der Waals surface area contributed by atoms with Gasteiger partial charge in [0.2, 0.25) is 5.91 Å². The molecule has 0 aliphatic carbocycles. The van der Waals surface area contributed by atoms with Crippen LogP contribution in [0.2, 0.25) is 5.02 Å². The number of carbonyl (C=O) groups excluding carboxylic acids is 1. The first kappa shape index (κ1) is 24.2. The number of carbonyl (C=O) groups is 1. The van der Waals surface area contributed by atoms with Gasteiger partial charge in [-0.05, 0) is 69.0 Å². The minimum absolute atomic E-state index is 0.0487. The van der Waals surface area contributed by atoms with Gasteiger partial charge in [-0.3, -0.25) is 9.80 Å². The zero-order chi connectivity index (χ0) is 23.1. The molecule has 0 atom stereocenters. The number of rotatable bonds is 10. The molecule has 3 rings (SSSR count). The van der Waals surface area contributed by atoms with Crippen LogP contribution in [0.3, 0.4) is 0 Å². The topological polar surface area (TPSA) is 82.1 Å². The van der Waals surface area contributed by atoms with Gasteiger partial charge < -0.3 is 10.2 Å². The first-order chi connectivity index (χ1) is 15.2. The number of benzene rings is 2. The molecule has 1 aliphatic heterocycles. The van der Waals surface area contributed by atoms with Crippen molar-refractivity contribution in [2.45, 2.75) is 24.2 Å². The molecule has 1 aliphatic rings. The second kappa shape index (κ2) is 10.9. The monoisotopic (exact) mass is 476 g/mol. The smallest absolute Gasteiger partial charge is 0.221 e. The highest BCUT2D eigenvalue weighted by Gasteiger charge is 2.20. The van der Waals surface area contributed by atoms with Gasteiger partial charge >= 0.3 is 0 Å². The van der Waals surface area contributed by atoms with E-state index in [1.807, 2.05) is 48.3 Å². The Bertz CT molecular complexity index is 1050. The Morgan fingerprint density at radius 2 is 1.81 bits per heavy atom. The van der Waals surface area contributed by atoms with Crippen molar-refractivity contribution in [3.63, 3.8) is 0 Å². The molecule has 1 amide bonds. The average Bonchev–Trinajstić information content (AvgIpc) is 3.26. The van der Waals surface area contributed by atoms with Crippen LogP contribution in [0.25, 0.3) is 0 Å². The Hall–Kier alpha value is -2.42. The number of nitrogens with one attached hydrogen (secondary N) is 1. The van der Waals surface area contributed by atoms with E-state index in [-0.39, 0.29) is 23.0 Å². The second-order valence-electron chi connectivity index (χ2n) is 8.00. The zero-order valence-electron chi connectivity index (χ0n) is 18.4. The van der Waals surface area contributed by atoms with E-state index in [4.69, 9.17) is 11.6 Å². The average molecular weight is 477 g/mol. The Morgan fingerprint density at radius 3 is 2.47 bits per heavy atom. The summed E-state index contributed by atoms with van der Waals surface area (Å²) in [6.07, 6.45) is 1.57. The number of hydrogen-bond donors (Lipinski definition) is 1. The van der Waals surface area contributed by atoms with Crippen molar-refractivity contribution in [3.8, 4) is 0 Å². The number of halogens is 1. The number of hydrogen-bond acceptors (Lipinski definition) is 6. The maximum atomic E-state index is 12.6. The van der Waals surface area contributed by atoms with E-state index in [0.29, 0.717) is 11.6 Å². The summed E-state index contributed by atoms with van der Waals surface area (Å²) < 4.78 is 25.2. The number of anilines is 1. The highest BCUT2D eigenvalue weighted by atomic mass is 35.5. The van der Waals surface area contributed by atoms with Crippen molar-refractivity contribution in [3.05, 3.63) is 59.1 Å². The van der Waals surface area contributed by atoms with Crippen LogP contribution < -0.4 is 10.3 Å². The molecule has 172 valence electrons. The molecular weight excluding hydrogens is 448 g/mol. The van der Waals surface area contributed by atoms with E-state index in [0.717, 1.165) is 42.9 Å². The molecule has 0 saturated carbocycles. The number of nitrogens with zero attached hydrogens (tertiary/aromatic N) is 3. The van der Waals surface area contributed by atoms with Crippen LogP contribution in [-0.4, -0.2) is 64.4 Å². The van der Waals surface area contributed by atoms with E-state index in [2.05, 4.69) is 10.4 Å². The van der Waals surface area contributed by atoms with Crippen LogP contribution in [0.15, 0.2) is 58.5 Å². The lowest BCUT2D eigenvalue weighted by atomic mass is 10.1. The predicted molar refractivity (Wildman–Crippen MR) is 129 cm³/mol. The van der Waals surface area contributed by atoms with Crippen molar-refractivity contribution < 1.29 is 13.2 Å². The van der Waals surface area contributed by atoms with Gasteiger partial charge in [0.15, 0.2) is 9.84 Å². The van der Waals surface area contributed by atoms with E-state index in [1.165, 1.54) is 0 Å². The third kappa shape index (κ3) is 6.79. The van der Waals surface area contributed by atoms with Crippen LogP contribution >= 0.6 is 11.6 Å². The summed E-state index contributed by atoms with van der Waals surface area (Å²) >= 11 is 5.95. The molecule has 0 unspecified atom stereocenters. The summed E-state index contributed by atoms with van der Waals surface area (Å²) in [6.45, 7) is 2.13. The third-order valence-electron chi connectivity index (χ3n) is 5.18. The van der Waals surface area contributed by atoms with Crippen molar-refractivity contribution in [2.75, 3.05) is 44.5 Å². The van der Waals surface area contributed by atoms with E-state index in [9.17, 15) is 13.2 Å². The highest BCUT2D eigenvalue weighted by Crippen LogP contribution is 2.24. The maximum absolute atomic E-state index is 12.6. The highest BCUT2D eigenvalue weighted by molar-refractivity contribution is 7.91. The zero-order valence-corrected chi connectivity index (χ0v) is 20.0.